The number of rotatable bonds is 8. The number of hydrogen-bond donors (Lipinski definition) is 2. The van der Waals surface area contributed by atoms with Crippen molar-refractivity contribution in [1.29, 1.82) is 0 Å². The summed E-state index contributed by atoms with van der Waals surface area (Å²) in [6.07, 6.45) is -3.98. The molecular weight excluding hydrogens is 510 g/mol. The maximum absolute atomic E-state index is 13.2. The lowest BCUT2D eigenvalue weighted by Gasteiger charge is -2.18. The number of aliphatic imine (C=N–C) groups is 1. The number of nitrogens with zero attached hydrogens (tertiary/aromatic N) is 3. The Balaban J connectivity index is 1.20. The molecule has 2 aromatic rings. The van der Waals surface area contributed by atoms with Crippen molar-refractivity contribution in [1.82, 2.24) is 10.3 Å². The number of halogens is 4. The van der Waals surface area contributed by atoms with Crippen molar-refractivity contribution in [2.45, 2.75) is 31.5 Å². The van der Waals surface area contributed by atoms with Crippen molar-refractivity contribution in [3.05, 3.63) is 66.2 Å². The number of hydrogen-bond acceptors (Lipinski definition) is 7. The summed E-state index contributed by atoms with van der Waals surface area (Å²) in [5.41, 5.74) is 0.242. The van der Waals surface area contributed by atoms with Crippen LogP contribution < -0.4 is 20.1 Å². The van der Waals surface area contributed by atoms with Gasteiger partial charge in [0, 0.05) is 29.3 Å². The van der Waals surface area contributed by atoms with Gasteiger partial charge in [-0.3, -0.25) is 9.59 Å². The third-order valence-corrected chi connectivity index (χ3v) is 5.67. The number of anilines is 1. The fourth-order valence-electron chi connectivity index (χ4n) is 3.67. The van der Waals surface area contributed by atoms with Gasteiger partial charge in [0.05, 0.1) is 6.54 Å². The van der Waals surface area contributed by atoms with Crippen LogP contribution in [0.5, 0.6) is 11.5 Å². The first-order valence-electron chi connectivity index (χ1n) is 11.6. The van der Waals surface area contributed by atoms with E-state index < -0.39 is 30.4 Å². The minimum absolute atomic E-state index is 0.00663. The highest BCUT2D eigenvalue weighted by atomic mass is 19.3. The molecule has 5 rings (SSSR count). The van der Waals surface area contributed by atoms with E-state index in [4.69, 9.17) is 4.74 Å². The zero-order chi connectivity index (χ0) is 26.9. The van der Waals surface area contributed by atoms with Gasteiger partial charge in [-0.2, -0.15) is 17.6 Å². The van der Waals surface area contributed by atoms with Crippen molar-refractivity contribution in [2.75, 3.05) is 11.9 Å². The van der Waals surface area contributed by atoms with E-state index in [2.05, 4.69) is 25.5 Å². The molecule has 2 aliphatic heterocycles. The first-order chi connectivity index (χ1) is 18.2. The van der Waals surface area contributed by atoms with Crippen LogP contribution in [0.25, 0.3) is 0 Å². The van der Waals surface area contributed by atoms with E-state index in [0.717, 1.165) is 25.0 Å². The number of hydrazone groups is 1. The molecule has 198 valence electrons. The summed E-state index contributed by atoms with van der Waals surface area (Å²) in [5, 5.41) is 11.5. The molecule has 1 unspecified atom stereocenters. The van der Waals surface area contributed by atoms with Gasteiger partial charge in [0.15, 0.2) is 0 Å². The summed E-state index contributed by atoms with van der Waals surface area (Å²) in [7, 11) is 0. The van der Waals surface area contributed by atoms with Crippen LogP contribution in [0.3, 0.4) is 0 Å². The van der Waals surface area contributed by atoms with Gasteiger partial charge >= 0.3 is 12.5 Å². The van der Waals surface area contributed by atoms with E-state index in [9.17, 15) is 27.2 Å². The van der Waals surface area contributed by atoms with E-state index in [1.54, 1.807) is 35.4 Å². The molecule has 0 radical (unpaired) electrons. The van der Waals surface area contributed by atoms with E-state index in [0.29, 0.717) is 23.8 Å². The molecule has 0 bridgehead atoms. The smallest absolute Gasteiger partial charge is 0.438 e. The average Bonchev–Trinajstić information content (AvgIpc) is 3.65. The molecule has 0 saturated heterocycles. The summed E-state index contributed by atoms with van der Waals surface area (Å²) in [4.78, 5) is 29.1. The Kier molecular flexibility index (Phi) is 6.74. The molecule has 2 N–H and O–H groups in total. The van der Waals surface area contributed by atoms with Gasteiger partial charge in [-0.15, -0.1) is 5.10 Å². The number of benzene rings is 2. The van der Waals surface area contributed by atoms with Crippen LogP contribution in [-0.4, -0.2) is 53.8 Å². The second-order valence-corrected chi connectivity index (χ2v) is 8.72. The fourth-order valence-corrected chi connectivity index (χ4v) is 3.67. The molecule has 9 nitrogen and oxygen atoms in total. The fraction of sp³-hybridized carbons (Fsp3) is 0.280. The van der Waals surface area contributed by atoms with Crippen LogP contribution in [0.1, 0.15) is 23.2 Å². The Bertz CT molecular complexity index is 1340. The molecule has 2 heterocycles. The Labute approximate surface area is 213 Å². The maximum atomic E-state index is 13.2. The molecule has 1 fully saturated rings. The highest BCUT2D eigenvalue weighted by molar-refractivity contribution is 6.05. The lowest BCUT2D eigenvalue weighted by Crippen LogP contribution is -2.38. The van der Waals surface area contributed by atoms with Crippen molar-refractivity contribution < 1.29 is 36.6 Å². The number of ether oxygens (including phenoxy) is 2. The van der Waals surface area contributed by atoms with Gasteiger partial charge in [0.2, 0.25) is 11.8 Å². The number of carbonyl (C=O) groups excluding carboxylic acids is 2. The van der Waals surface area contributed by atoms with Crippen molar-refractivity contribution in [3.63, 3.8) is 0 Å². The molecule has 1 aliphatic carbocycles. The van der Waals surface area contributed by atoms with Gasteiger partial charge in [-0.05, 0) is 49.2 Å². The Hall–Kier alpha value is -4.42. The van der Waals surface area contributed by atoms with Gasteiger partial charge in [0.1, 0.15) is 23.5 Å². The summed E-state index contributed by atoms with van der Waals surface area (Å²) in [5.74, 6) is 0.00155. The highest BCUT2D eigenvalue weighted by Gasteiger charge is 2.44. The minimum atomic E-state index is -4.69. The second-order valence-electron chi connectivity index (χ2n) is 8.72. The molecule has 0 aromatic heterocycles. The van der Waals surface area contributed by atoms with Gasteiger partial charge in [0.25, 0.3) is 5.91 Å². The largest absolute Gasteiger partial charge is 0.461 e. The summed E-state index contributed by atoms with van der Waals surface area (Å²) < 4.78 is 61.0. The minimum Gasteiger partial charge on any atom is -0.438 e. The molecule has 13 heteroatoms. The molecule has 1 saturated carbocycles. The Morgan fingerprint density at radius 2 is 1.82 bits per heavy atom. The van der Waals surface area contributed by atoms with Gasteiger partial charge in [-0.1, -0.05) is 12.1 Å². The number of carbonyl (C=O) groups is 2. The van der Waals surface area contributed by atoms with E-state index in [1.807, 2.05) is 0 Å². The van der Waals surface area contributed by atoms with Crippen LogP contribution in [-0.2, 0) is 4.79 Å². The quantitative estimate of drug-likeness (QED) is 0.501. The predicted octanol–water partition coefficient (Wildman–Crippen LogP) is 4.00. The summed E-state index contributed by atoms with van der Waals surface area (Å²) in [6.45, 7) is 0.368. The van der Waals surface area contributed by atoms with Crippen LogP contribution in [0, 0.1) is 5.92 Å². The standard InChI is InChI=1S/C25H21F4N5O4/c26-24(27)25(28,29)38-18-6-1-3-15(11-18)23(36)30-16-4-2-5-17(12-16)37-21-10-9-20-31-19(13-34(20)33-21)32-22(35)14-7-8-14/h1-6,9-12,14,19,24H,7-8,13H2,(H,30,36)(H,32,35). The molecule has 2 amide bonds. The molecular formula is C25H21F4N5O4. The van der Waals surface area contributed by atoms with Crippen molar-refractivity contribution >= 4 is 29.2 Å². The Morgan fingerprint density at radius 1 is 1.05 bits per heavy atom. The number of fused-ring (bicyclic) bond motifs is 1. The number of amides is 2. The molecule has 0 spiro atoms. The number of amidine groups is 1. The van der Waals surface area contributed by atoms with Crippen molar-refractivity contribution in [3.8, 4) is 11.5 Å². The zero-order valence-electron chi connectivity index (χ0n) is 19.6. The first kappa shape index (κ1) is 25.2. The second kappa shape index (κ2) is 10.1. The molecule has 1 atom stereocenters. The number of alkyl halides is 4. The van der Waals surface area contributed by atoms with E-state index in [1.165, 1.54) is 18.2 Å². The topological polar surface area (TPSA) is 105 Å². The molecule has 2 aromatic carbocycles. The SMILES string of the molecule is O=C(Nc1cccc(OC2=NN3CC(NC(=O)C4CC4)N=C3C=C2)c1)c1cccc(OC(F)(F)C(F)F)c1. The lowest BCUT2D eigenvalue weighted by molar-refractivity contribution is -0.253. The monoisotopic (exact) mass is 531 g/mol. The average molecular weight is 531 g/mol. The third kappa shape index (κ3) is 5.93. The van der Waals surface area contributed by atoms with Crippen LogP contribution in [0.15, 0.2) is 70.8 Å². The molecule has 38 heavy (non-hydrogen) atoms. The Morgan fingerprint density at radius 3 is 2.58 bits per heavy atom. The normalized spacial score (nSPS) is 18.4. The van der Waals surface area contributed by atoms with Crippen LogP contribution >= 0.6 is 0 Å². The van der Waals surface area contributed by atoms with E-state index >= 15 is 0 Å². The predicted molar refractivity (Wildman–Crippen MR) is 128 cm³/mol. The highest BCUT2D eigenvalue weighted by Crippen LogP contribution is 2.30. The van der Waals surface area contributed by atoms with Crippen LogP contribution in [0.4, 0.5) is 23.2 Å². The lowest BCUT2D eigenvalue weighted by atomic mass is 10.2. The van der Waals surface area contributed by atoms with E-state index in [-0.39, 0.29) is 23.3 Å². The van der Waals surface area contributed by atoms with Gasteiger partial charge in [-0.25, -0.2) is 10.0 Å². The maximum Gasteiger partial charge on any atom is 0.461 e. The van der Waals surface area contributed by atoms with Crippen LogP contribution in [0.2, 0.25) is 0 Å². The molecule has 3 aliphatic rings. The summed E-state index contributed by atoms with van der Waals surface area (Å²) >= 11 is 0. The third-order valence-electron chi connectivity index (χ3n) is 5.67. The van der Waals surface area contributed by atoms with Crippen molar-refractivity contribution in [2.24, 2.45) is 16.0 Å². The number of nitrogens with one attached hydrogen (secondary N) is 2. The zero-order valence-corrected chi connectivity index (χ0v) is 19.6. The first-order valence-corrected chi connectivity index (χ1v) is 11.6. The summed E-state index contributed by atoms with van der Waals surface area (Å²) in [6, 6.07) is 10.9. The van der Waals surface area contributed by atoms with Gasteiger partial charge < -0.3 is 20.1 Å².